The standard InChI is InChI=1S/C9H14N4O3S/c1-17-3-2-6(9(15)16)12-8(14)5-4-11-13-7(5)10/h4,6H,2-3H2,1H3,(H,12,14)(H,15,16)(H3,10,11,13). The molecule has 0 aromatic carbocycles. The Morgan fingerprint density at radius 2 is 2.41 bits per heavy atom. The minimum Gasteiger partial charge on any atom is -0.480 e. The summed E-state index contributed by atoms with van der Waals surface area (Å²) < 4.78 is 0. The highest BCUT2D eigenvalue weighted by Gasteiger charge is 2.21. The molecule has 0 bridgehead atoms. The van der Waals surface area contributed by atoms with Gasteiger partial charge in [-0.1, -0.05) is 0 Å². The van der Waals surface area contributed by atoms with E-state index in [1.807, 2.05) is 6.26 Å². The molecule has 1 heterocycles. The van der Waals surface area contributed by atoms with Gasteiger partial charge in [0.2, 0.25) is 0 Å². The van der Waals surface area contributed by atoms with Gasteiger partial charge in [0.05, 0.1) is 6.20 Å². The molecule has 1 aromatic heterocycles. The number of nitrogens with one attached hydrogen (secondary N) is 2. The fourth-order valence-corrected chi connectivity index (χ4v) is 1.68. The maximum absolute atomic E-state index is 11.7. The van der Waals surface area contributed by atoms with Crippen molar-refractivity contribution in [2.75, 3.05) is 17.7 Å². The third-order valence-electron chi connectivity index (χ3n) is 2.13. The number of thioether (sulfide) groups is 1. The number of nitrogens with two attached hydrogens (primary N) is 1. The molecule has 1 amide bonds. The monoisotopic (exact) mass is 258 g/mol. The van der Waals surface area contributed by atoms with Crippen LogP contribution in [0.15, 0.2) is 6.20 Å². The molecule has 1 aromatic rings. The van der Waals surface area contributed by atoms with Gasteiger partial charge in [-0.15, -0.1) is 0 Å². The molecule has 1 unspecified atom stereocenters. The zero-order chi connectivity index (χ0) is 12.8. The molecule has 0 aliphatic carbocycles. The third-order valence-corrected chi connectivity index (χ3v) is 2.77. The maximum atomic E-state index is 11.7. The number of anilines is 1. The van der Waals surface area contributed by atoms with E-state index in [-0.39, 0.29) is 11.4 Å². The van der Waals surface area contributed by atoms with Gasteiger partial charge in [-0.3, -0.25) is 9.89 Å². The van der Waals surface area contributed by atoms with Crippen LogP contribution in [0.4, 0.5) is 5.82 Å². The van der Waals surface area contributed by atoms with Gasteiger partial charge < -0.3 is 16.2 Å². The summed E-state index contributed by atoms with van der Waals surface area (Å²) in [6.07, 6.45) is 3.49. The average molecular weight is 258 g/mol. The molecular weight excluding hydrogens is 244 g/mol. The number of aromatic amines is 1. The Morgan fingerprint density at radius 3 is 2.88 bits per heavy atom. The molecule has 8 heteroatoms. The number of rotatable bonds is 6. The molecule has 1 rings (SSSR count). The van der Waals surface area contributed by atoms with Crippen LogP contribution < -0.4 is 11.1 Å². The van der Waals surface area contributed by atoms with Gasteiger partial charge >= 0.3 is 5.97 Å². The highest BCUT2D eigenvalue weighted by Crippen LogP contribution is 2.07. The number of carboxylic acid groups (broad SMARTS) is 1. The minimum absolute atomic E-state index is 0.122. The molecule has 7 nitrogen and oxygen atoms in total. The summed E-state index contributed by atoms with van der Waals surface area (Å²) >= 11 is 1.52. The Balaban J connectivity index is 2.64. The van der Waals surface area contributed by atoms with Crippen molar-refractivity contribution in [3.05, 3.63) is 11.8 Å². The lowest BCUT2D eigenvalue weighted by molar-refractivity contribution is -0.139. The predicted molar refractivity (Wildman–Crippen MR) is 64.9 cm³/mol. The van der Waals surface area contributed by atoms with E-state index < -0.39 is 17.9 Å². The highest BCUT2D eigenvalue weighted by atomic mass is 32.2. The Labute approximate surface area is 102 Å². The van der Waals surface area contributed by atoms with E-state index in [4.69, 9.17) is 10.8 Å². The largest absolute Gasteiger partial charge is 0.480 e. The fourth-order valence-electron chi connectivity index (χ4n) is 1.21. The Bertz CT molecular complexity index is 407. The minimum atomic E-state index is -1.06. The first-order valence-electron chi connectivity index (χ1n) is 4.87. The van der Waals surface area contributed by atoms with Crippen molar-refractivity contribution in [2.45, 2.75) is 12.5 Å². The fraction of sp³-hybridized carbons (Fsp3) is 0.444. The van der Waals surface area contributed by atoms with E-state index in [0.29, 0.717) is 12.2 Å². The van der Waals surface area contributed by atoms with Gasteiger partial charge in [-0.2, -0.15) is 16.9 Å². The molecule has 0 aliphatic rings. The topological polar surface area (TPSA) is 121 Å². The zero-order valence-electron chi connectivity index (χ0n) is 9.27. The molecule has 5 N–H and O–H groups in total. The number of H-pyrrole nitrogens is 1. The van der Waals surface area contributed by atoms with Crippen molar-refractivity contribution >= 4 is 29.5 Å². The second kappa shape index (κ2) is 6.14. The van der Waals surface area contributed by atoms with Crippen molar-refractivity contribution in [1.29, 1.82) is 0 Å². The van der Waals surface area contributed by atoms with Crippen LogP contribution in [0, 0.1) is 0 Å². The normalized spacial score (nSPS) is 12.1. The summed E-state index contributed by atoms with van der Waals surface area (Å²) in [7, 11) is 0. The Morgan fingerprint density at radius 1 is 1.71 bits per heavy atom. The number of amides is 1. The molecular formula is C9H14N4O3S. The van der Waals surface area contributed by atoms with Crippen LogP contribution in [0.3, 0.4) is 0 Å². The van der Waals surface area contributed by atoms with Crippen LogP contribution >= 0.6 is 11.8 Å². The molecule has 0 saturated heterocycles. The highest BCUT2D eigenvalue weighted by molar-refractivity contribution is 7.98. The van der Waals surface area contributed by atoms with Gasteiger partial charge in [-0.25, -0.2) is 4.79 Å². The number of carbonyl (C=O) groups excluding carboxylic acids is 1. The van der Waals surface area contributed by atoms with E-state index in [9.17, 15) is 9.59 Å². The van der Waals surface area contributed by atoms with Crippen molar-refractivity contribution in [1.82, 2.24) is 15.5 Å². The first-order valence-corrected chi connectivity index (χ1v) is 6.27. The van der Waals surface area contributed by atoms with Crippen LogP contribution in [-0.2, 0) is 4.79 Å². The van der Waals surface area contributed by atoms with E-state index in [0.717, 1.165) is 0 Å². The molecule has 0 spiro atoms. The summed E-state index contributed by atoms with van der Waals surface area (Å²) in [4.78, 5) is 22.6. The van der Waals surface area contributed by atoms with Crippen LogP contribution in [0.1, 0.15) is 16.8 Å². The number of nitrogens with zero attached hydrogens (tertiary/aromatic N) is 1. The van der Waals surface area contributed by atoms with E-state index in [2.05, 4.69) is 15.5 Å². The van der Waals surface area contributed by atoms with Crippen molar-refractivity contribution in [3.8, 4) is 0 Å². The molecule has 17 heavy (non-hydrogen) atoms. The van der Waals surface area contributed by atoms with Gasteiger partial charge in [0.25, 0.3) is 5.91 Å². The predicted octanol–water partition coefficient (Wildman–Crippen LogP) is -0.0720. The zero-order valence-corrected chi connectivity index (χ0v) is 10.1. The number of aliphatic carboxylic acids is 1. The van der Waals surface area contributed by atoms with Crippen molar-refractivity contribution in [2.24, 2.45) is 0 Å². The molecule has 0 saturated carbocycles. The number of nitrogen functional groups attached to an aromatic ring is 1. The van der Waals surface area contributed by atoms with Gasteiger partial charge in [0, 0.05) is 0 Å². The summed E-state index contributed by atoms with van der Waals surface area (Å²) in [5, 5.41) is 17.3. The maximum Gasteiger partial charge on any atom is 0.326 e. The van der Waals surface area contributed by atoms with Crippen molar-refractivity contribution < 1.29 is 14.7 Å². The summed E-state index contributed by atoms with van der Waals surface area (Å²) in [5.74, 6) is -0.825. The lowest BCUT2D eigenvalue weighted by atomic mass is 10.2. The van der Waals surface area contributed by atoms with Crippen LogP contribution in [0.2, 0.25) is 0 Å². The smallest absolute Gasteiger partial charge is 0.326 e. The van der Waals surface area contributed by atoms with E-state index >= 15 is 0 Å². The second-order valence-electron chi connectivity index (χ2n) is 3.34. The lowest BCUT2D eigenvalue weighted by Crippen LogP contribution is -2.41. The molecule has 94 valence electrons. The summed E-state index contributed by atoms with van der Waals surface area (Å²) in [5.41, 5.74) is 5.62. The van der Waals surface area contributed by atoms with Crippen LogP contribution in [0.25, 0.3) is 0 Å². The molecule has 1 atom stereocenters. The number of carboxylic acids is 1. The van der Waals surface area contributed by atoms with E-state index in [1.54, 1.807) is 0 Å². The summed E-state index contributed by atoms with van der Waals surface area (Å²) in [6.45, 7) is 0. The van der Waals surface area contributed by atoms with Crippen molar-refractivity contribution in [3.63, 3.8) is 0 Å². The number of carbonyl (C=O) groups is 2. The van der Waals surface area contributed by atoms with Gasteiger partial charge in [-0.05, 0) is 18.4 Å². The second-order valence-corrected chi connectivity index (χ2v) is 4.33. The lowest BCUT2D eigenvalue weighted by Gasteiger charge is -2.13. The molecule has 0 fully saturated rings. The average Bonchev–Trinajstić information content (AvgIpc) is 2.70. The Hall–Kier alpha value is -1.70. The van der Waals surface area contributed by atoms with E-state index in [1.165, 1.54) is 18.0 Å². The van der Waals surface area contributed by atoms with Crippen LogP contribution in [0.5, 0.6) is 0 Å². The molecule has 0 radical (unpaired) electrons. The van der Waals surface area contributed by atoms with Gasteiger partial charge in [0.1, 0.15) is 17.4 Å². The molecule has 0 aliphatic heterocycles. The number of hydrogen-bond acceptors (Lipinski definition) is 5. The first kappa shape index (κ1) is 13.4. The quantitative estimate of drug-likeness (QED) is 0.566. The van der Waals surface area contributed by atoms with Gasteiger partial charge in [0.15, 0.2) is 0 Å². The number of hydrogen-bond donors (Lipinski definition) is 4. The number of aromatic nitrogens is 2. The first-order chi connectivity index (χ1) is 8.06. The van der Waals surface area contributed by atoms with Crippen LogP contribution in [-0.4, -0.2) is 45.2 Å². The Kier molecular flexibility index (Phi) is 4.83. The third kappa shape index (κ3) is 3.66. The SMILES string of the molecule is CSCCC(NC(=O)c1cn[nH]c1N)C(=O)O. The summed E-state index contributed by atoms with van der Waals surface area (Å²) in [6, 6.07) is -0.913.